The van der Waals surface area contributed by atoms with Crippen LogP contribution in [-0.4, -0.2) is 36.1 Å². The molecule has 1 N–H and O–H groups in total. The van der Waals surface area contributed by atoms with Crippen molar-refractivity contribution >= 4 is 5.91 Å². The smallest absolute Gasteiger partial charge is 0.222 e. The first kappa shape index (κ1) is 23.8. The van der Waals surface area contributed by atoms with Gasteiger partial charge in [0.05, 0.1) is 6.10 Å². The third kappa shape index (κ3) is 4.12. The Morgan fingerprint density at radius 3 is 2.53 bits per heavy atom. The molecule has 4 rings (SSSR count). The van der Waals surface area contributed by atoms with Crippen molar-refractivity contribution in [1.82, 2.24) is 4.90 Å². The van der Waals surface area contributed by atoms with Crippen molar-refractivity contribution in [2.45, 2.75) is 104 Å². The minimum atomic E-state index is -0.106. The van der Waals surface area contributed by atoms with Gasteiger partial charge in [-0.25, -0.2) is 0 Å². The Hall–Kier alpha value is -0.830. The van der Waals surface area contributed by atoms with E-state index >= 15 is 0 Å². The highest BCUT2D eigenvalue weighted by Crippen LogP contribution is 2.66. The van der Waals surface area contributed by atoms with Gasteiger partial charge >= 0.3 is 0 Å². The van der Waals surface area contributed by atoms with E-state index in [1.54, 1.807) is 10.5 Å². The van der Waals surface area contributed by atoms with E-state index in [2.05, 4.69) is 19.9 Å². The second kappa shape index (κ2) is 9.35. The van der Waals surface area contributed by atoms with E-state index in [0.717, 1.165) is 42.9 Å². The van der Waals surface area contributed by atoms with Crippen LogP contribution in [0.1, 0.15) is 98.3 Å². The van der Waals surface area contributed by atoms with Gasteiger partial charge in [-0.3, -0.25) is 4.79 Å². The van der Waals surface area contributed by atoms with Gasteiger partial charge in [0.15, 0.2) is 0 Å². The Kier molecular flexibility index (Phi) is 7.42. The van der Waals surface area contributed by atoms with Crippen LogP contribution in [-0.2, 0) is 4.79 Å². The van der Waals surface area contributed by atoms with Crippen molar-refractivity contribution < 1.29 is 9.90 Å². The van der Waals surface area contributed by atoms with Crippen LogP contribution in [0, 0.1) is 34.5 Å². The lowest BCUT2D eigenvalue weighted by Crippen LogP contribution is -2.50. The minimum Gasteiger partial charge on any atom is -0.393 e. The maximum atomic E-state index is 12.0. The lowest BCUT2D eigenvalue weighted by Gasteiger charge is -2.58. The Labute approximate surface area is 185 Å². The number of carbonyl (C=O) groups excluding carboxylic acids is 1. The second-order valence-electron chi connectivity index (χ2n) is 11.2. The molecule has 4 aliphatic carbocycles. The van der Waals surface area contributed by atoms with Crippen molar-refractivity contribution in [3.8, 4) is 0 Å². The number of carbonyl (C=O) groups is 1. The van der Waals surface area contributed by atoms with Gasteiger partial charge in [0.25, 0.3) is 0 Å². The lowest BCUT2D eigenvalue weighted by molar-refractivity contribution is -0.128. The monoisotopic (exact) mass is 417 g/mol. The lowest BCUT2D eigenvalue weighted by atomic mass is 9.47. The van der Waals surface area contributed by atoms with Crippen LogP contribution in [0.5, 0.6) is 0 Å². The molecule has 0 radical (unpaired) electrons. The van der Waals surface area contributed by atoms with Crippen molar-refractivity contribution in [2.24, 2.45) is 34.5 Å². The van der Waals surface area contributed by atoms with Crippen LogP contribution >= 0.6 is 0 Å². The summed E-state index contributed by atoms with van der Waals surface area (Å²) in [6.07, 6.45) is 15.3. The highest BCUT2D eigenvalue weighted by Gasteiger charge is 2.58. The van der Waals surface area contributed by atoms with Crippen molar-refractivity contribution in [2.75, 3.05) is 14.1 Å². The Morgan fingerprint density at radius 2 is 1.83 bits per heavy atom. The summed E-state index contributed by atoms with van der Waals surface area (Å²) in [5.41, 5.74) is 2.41. The van der Waals surface area contributed by atoms with Crippen LogP contribution in [0.3, 0.4) is 0 Å². The highest BCUT2D eigenvalue weighted by molar-refractivity contribution is 5.75. The number of hydrogen-bond donors (Lipinski definition) is 1. The summed E-state index contributed by atoms with van der Waals surface area (Å²) < 4.78 is 0. The molecule has 7 unspecified atom stereocenters. The normalized spacial score (nSPS) is 42.1. The van der Waals surface area contributed by atoms with Gasteiger partial charge in [-0.05, 0) is 98.7 Å². The first-order chi connectivity index (χ1) is 14.3. The molecule has 0 aromatic rings. The molecule has 0 aromatic carbocycles. The number of nitrogens with zero attached hydrogens (tertiary/aromatic N) is 1. The Bertz CT molecular complexity index is 641. The van der Waals surface area contributed by atoms with Gasteiger partial charge in [0.1, 0.15) is 0 Å². The van der Waals surface area contributed by atoms with E-state index in [1.807, 2.05) is 27.9 Å². The van der Waals surface area contributed by atoms with E-state index in [4.69, 9.17) is 0 Å². The maximum absolute atomic E-state index is 12.0. The molecule has 3 fully saturated rings. The molecule has 0 bridgehead atoms. The summed E-state index contributed by atoms with van der Waals surface area (Å²) >= 11 is 0. The molecular weight excluding hydrogens is 370 g/mol. The van der Waals surface area contributed by atoms with Crippen molar-refractivity contribution in [3.05, 3.63) is 11.6 Å². The molecule has 1 amide bonds. The van der Waals surface area contributed by atoms with Gasteiger partial charge in [0.2, 0.25) is 5.91 Å². The molecule has 4 aliphatic rings. The van der Waals surface area contributed by atoms with Gasteiger partial charge in [-0.1, -0.05) is 39.3 Å². The second-order valence-corrected chi connectivity index (χ2v) is 11.2. The number of allylic oxidation sites excluding steroid dienone is 1. The predicted octanol–water partition coefficient (Wildman–Crippen LogP) is 6.21. The zero-order valence-corrected chi connectivity index (χ0v) is 20.5. The fourth-order valence-corrected chi connectivity index (χ4v) is 7.95. The quantitative estimate of drug-likeness (QED) is 0.552. The zero-order chi connectivity index (χ0) is 22.1. The molecule has 0 spiro atoms. The van der Waals surface area contributed by atoms with Gasteiger partial charge in [0, 0.05) is 20.5 Å². The number of fused-ring (bicyclic) bond motifs is 5. The van der Waals surface area contributed by atoms with Crippen molar-refractivity contribution in [1.29, 1.82) is 0 Å². The fraction of sp³-hybridized carbons (Fsp3) is 0.889. The molecule has 0 saturated heterocycles. The van der Waals surface area contributed by atoms with Crippen LogP contribution < -0.4 is 0 Å². The molecule has 3 nitrogen and oxygen atoms in total. The molecule has 0 aliphatic heterocycles. The summed E-state index contributed by atoms with van der Waals surface area (Å²) in [6, 6.07) is 0. The van der Waals surface area contributed by atoms with Crippen LogP contribution in [0.25, 0.3) is 0 Å². The van der Waals surface area contributed by atoms with Crippen LogP contribution in [0.4, 0.5) is 0 Å². The van der Waals surface area contributed by atoms with Gasteiger partial charge < -0.3 is 10.0 Å². The van der Waals surface area contributed by atoms with Crippen LogP contribution in [0.15, 0.2) is 11.6 Å². The third-order valence-electron chi connectivity index (χ3n) is 9.72. The summed E-state index contributed by atoms with van der Waals surface area (Å²) in [5.74, 6) is 3.62. The Morgan fingerprint density at radius 1 is 1.10 bits per heavy atom. The molecule has 30 heavy (non-hydrogen) atoms. The molecule has 0 heterocycles. The highest BCUT2D eigenvalue weighted by atomic mass is 16.3. The summed E-state index contributed by atoms with van der Waals surface area (Å²) in [6.45, 7) is 9.11. The molecule has 3 saturated carbocycles. The molecule has 172 valence electrons. The first-order valence-corrected chi connectivity index (χ1v) is 12.8. The topological polar surface area (TPSA) is 40.5 Å². The van der Waals surface area contributed by atoms with E-state index in [-0.39, 0.29) is 12.0 Å². The number of aliphatic hydroxyl groups excluding tert-OH is 1. The van der Waals surface area contributed by atoms with E-state index < -0.39 is 0 Å². The standard InChI is InChI=1S/C25H41NO2.C2H6/c1-24-15-13-22-20(10-8-18-16-19(27)12-14-25(18,22)2)21(24)11-9-17(24)6-5-7-23(28)26(3)4;1-2/h8,17,19-22,27H,5-7,9-16H2,1-4H3;1-2H3. The molecule has 0 aromatic heterocycles. The third-order valence-corrected chi connectivity index (χ3v) is 9.72. The van der Waals surface area contributed by atoms with E-state index in [0.29, 0.717) is 17.3 Å². The molecular formula is C27H47NO2. The van der Waals surface area contributed by atoms with Gasteiger partial charge in [-0.2, -0.15) is 0 Å². The van der Waals surface area contributed by atoms with Crippen molar-refractivity contribution in [3.63, 3.8) is 0 Å². The summed E-state index contributed by atoms with van der Waals surface area (Å²) in [5, 5.41) is 10.2. The van der Waals surface area contributed by atoms with E-state index in [1.165, 1.54) is 44.9 Å². The SMILES string of the molecule is CC.CN(C)C(=O)CCCC1CCC2C3CC=C4CC(O)CCC4(C)C3CCC12C. The molecule has 7 atom stereocenters. The first-order valence-electron chi connectivity index (χ1n) is 12.8. The van der Waals surface area contributed by atoms with E-state index in [9.17, 15) is 9.90 Å². The van der Waals surface area contributed by atoms with Gasteiger partial charge in [-0.15, -0.1) is 0 Å². The average Bonchev–Trinajstić information content (AvgIpc) is 3.06. The maximum Gasteiger partial charge on any atom is 0.222 e. The minimum absolute atomic E-state index is 0.106. The fourth-order valence-electron chi connectivity index (χ4n) is 7.95. The number of rotatable bonds is 4. The number of aliphatic hydroxyl groups is 1. The zero-order valence-electron chi connectivity index (χ0n) is 20.5. The summed E-state index contributed by atoms with van der Waals surface area (Å²) in [4.78, 5) is 13.7. The summed E-state index contributed by atoms with van der Waals surface area (Å²) in [7, 11) is 3.73. The average molecular weight is 418 g/mol. The Balaban J connectivity index is 0.00000124. The number of amides is 1. The predicted molar refractivity (Wildman–Crippen MR) is 125 cm³/mol. The molecule has 3 heteroatoms. The largest absolute Gasteiger partial charge is 0.393 e. The van der Waals surface area contributed by atoms with Crippen LogP contribution in [0.2, 0.25) is 0 Å². The number of hydrogen-bond acceptors (Lipinski definition) is 2.